The summed E-state index contributed by atoms with van der Waals surface area (Å²) in [5, 5.41) is 5.94. The molecule has 0 fully saturated rings. The highest BCUT2D eigenvalue weighted by Crippen LogP contribution is 2.17. The lowest BCUT2D eigenvalue weighted by atomic mass is 10.1. The molecule has 0 bridgehead atoms. The van der Waals surface area contributed by atoms with Gasteiger partial charge in [0.1, 0.15) is 0 Å². The Morgan fingerprint density at radius 2 is 1.72 bits per heavy atom. The number of nitrogens with one attached hydrogen (secondary N) is 2. The number of benzene rings is 1. The highest BCUT2D eigenvalue weighted by molar-refractivity contribution is 5.93. The molecule has 1 amide bonds. The second kappa shape index (κ2) is 7.53. The third-order valence-electron chi connectivity index (χ3n) is 3.55. The van der Waals surface area contributed by atoms with Crippen LogP contribution >= 0.6 is 0 Å². The Hall–Kier alpha value is -3.28. The first kappa shape index (κ1) is 16.6. The van der Waals surface area contributed by atoms with Gasteiger partial charge in [-0.3, -0.25) is 9.78 Å². The zero-order valence-corrected chi connectivity index (χ0v) is 14.2. The molecule has 1 aromatic carbocycles. The van der Waals surface area contributed by atoms with Crippen molar-refractivity contribution < 1.29 is 4.79 Å². The summed E-state index contributed by atoms with van der Waals surface area (Å²) in [5.41, 5.74) is 4.44. The Morgan fingerprint density at radius 3 is 2.36 bits per heavy atom. The second-order valence-electron chi connectivity index (χ2n) is 5.80. The van der Waals surface area contributed by atoms with Gasteiger partial charge in [-0.05, 0) is 49.2 Å². The summed E-state index contributed by atoms with van der Waals surface area (Å²) >= 11 is 0. The van der Waals surface area contributed by atoms with E-state index in [0.29, 0.717) is 18.1 Å². The number of hydrogen-bond donors (Lipinski definition) is 2. The van der Waals surface area contributed by atoms with Gasteiger partial charge in [0, 0.05) is 24.3 Å². The maximum Gasteiger partial charge on any atom is 0.254 e. The van der Waals surface area contributed by atoms with E-state index >= 15 is 0 Å². The van der Waals surface area contributed by atoms with E-state index in [9.17, 15) is 4.79 Å². The average molecular weight is 333 g/mol. The number of nitrogens with zero attached hydrogens (tertiary/aromatic N) is 3. The molecule has 3 rings (SSSR count). The molecule has 0 aliphatic carbocycles. The third-order valence-corrected chi connectivity index (χ3v) is 3.55. The second-order valence-corrected chi connectivity index (χ2v) is 5.80. The molecule has 0 saturated heterocycles. The number of pyridine rings is 1. The van der Waals surface area contributed by atoms with E-state index in [1.807, 2.05) is 44.2 Å². The molecule has 0 atom stereocenters. The van der Waals surface area contributed by atoms with Gasteiger partial charge in [-0.25, -0.2) is 9.97 Å². The molecule has 0 aliphatic rings. The summed E-state index contributed by atoms with van der Waals surface area (Å²) in [4.78, 5) is 24.7. The van der Waals surface area contributed by atoms with Gasteiger partial charge in [0.05, 0.1) is 17.8 Å². The Morgan fingerprint density at radius 1 is 1.00 bits per heavy atom. The maximum absolute atomic E-state index is 12.1. The fourth-order valence-corrected chi connectivity index (χ4v) is 2.46. The van der Waals surface area contributed by atoms with E-state index in [4.69, 9.17) is 0 Å². The SMILES string of the molecule is Cc1cc(C)cc(Nc2ncc(C(=O)NCc3ccccn3)cn2)c1. The maximum atomic E-state index is 12.1. The van der Waals surface area contributed by atoms with Crippen LogP contribution in [0.1, 0.15) is 27.2 Å². The number of carbonyl (C=O) groups is 1. The van der Waals surface area contributed by atoms with Crippen LogP contribution < -0.4 is 10.6 Å². The minimum atomic E-state index is -0.233. The van der Waals surface area contributed by atoms with Crippen molar-refractivity contribution in [3.63, 3.8) is 0 Å². The number of aryl methyl sites for hydroxylation is 2. The van der Waals surface area contributed by atoms with Gasteiger partial charge in [-0.2, -0.15) is 0 Å². The molecule has 0 unspecified atom stereocenters. The van der Waals surface area contributed by atoms with Crippen LogP contribution in [-0.4, -0.2) is 20.9 Å². The van der Waals surface area contributed by atoms with Crippen LogP contribution in [0.15, 0.2) is 55.0 Å². The van der Waals surface area contributed by atoms with Gasteiger partial charge >= 0.3 is 0 Å². The summed E-state index contributed by atoms with van der Waals surface area (Å²) in [6, 6.07) is 11.7. The lowest BCUT2D eigenvalue weighted by molar-refractivity contribution is 0.0949. The van der Waals surface area contributed by atoms with Crippen LogP contribution in [-0.2, 0) is 6.54 Å². The molecule has 2 N–H and O–H groups in total. The number of amides is 1. The smallest absolute Gasteiger partial charge is 0.254 e. The van der Waals surface area contributed by atoms with Crippen molar-refractivity contribution in [2.24, 2.45) is 0 Å². The third kappa shape index (κ3) is 4.60. The Balaban J connectivity index is 1.62. The van der Waals surface area contributed by atoms with Crippen molar-refractivity contribution in [1.82, 2.24) is 20.3 Å². The van der Waals surface area contributed by atoms with Gasteiger partial charge in [0.2, 0.25) is 5.95 Å². The standard InChI is InChI=1S/C19H19N5O/c1-13-7-14(2)9-17(8-13)24-19-22-10-15(11-23-19)18(25)21-12-16-5-3-4-6-20-16/h3-11H,12H2,1-2H3,(H,21,25)(H,22,23,24). The quantitative estimate of drug-likeness (QED) is 0.750. The number of rotatable bonds is 5. The van der Waals surface area contributed by atoms with Crippen LogP contribution in [0.25, 0.3) is 0 Å². The lowest BCUT2D eigenvalue weighted by Crippen LogP contribution is -2.23. The monoisotopic (exact) mass is 333 g/mol. The number of hydrogen-bond acceptors (Lipinski definition) is 5. The zero-order chi connectivity index (χ0) is 17.6. The Kier molecular flexibility index (Phi) is 4.99. The molecule has 0 aliphatic heterocycles. The molecule has 0 radical (unpaired) electrons. The molecule has 2 aromatic heterocycles. The molecule has 0 spiro atoms. The summed E-state index contributed by atoms with van der Waals surface area (Å²) in [6.07, 6.45) is 4.70. The van der Waals surface area contributed by atoms with Crippen molar-refractivity contribution in [3.05, 3.63) is 77.4 Å². The minimum absolute atomic E-state index is 0.233. The van der Waals surface area contributed by atoms with Crippen molar-refractivity contribution in [2.75, 3.05) is 5.32 Å². The molecule has 126 valence electrons. The van der Waals surface area contributed by atoms with Crippen LogP contribution in [0.2, 0.25) is 0 Å². The number of anilines is 2. The van der Waals surface area contributed by atoms with E-state index in [2.05, 4.69) is 31.7 Å². The van der Waals surface area contributed by atoms with Gasteiger partial charge in [0.25, 0.3) is 5.91 Å². The van der Waals surface area contributed by atoms with Crippen molar-refractivity contribution in [1.29, 1.82) is 0 Å². The van der Waals surface area contributed by atoms with Crippen molar-refractivity contribution >= 4 is 17.5 Å². The first-order valence-corrected chi connectivity index (χ1v) is 7.95. The predicted octanol–water partition coefficient (Wildman–Crippen LogP) is 3.16. The first-order valence-electron chi connectivity index (χ1n) is 7.95. The molecular weight excluding hydrogens is 314 g/mol. The van der Waals surface area contributed by atoms with Crippen LogP contribution in [0.3, 0.4) is 0 Å². The van der Waals surface area contributed by atoms with Gasteiger partial charge in [-0.1, -0.05) is 12.1 Å². The number of carbonyl (C=O) groups excluding carboxylic acids is 1. The van der Waals surface area contributed by atoms with E-state index in [1.165, 1.54) is 12.4 Å². The van der Waals surface area contributed by atoms with Gasteiger partial charge in [0.15, 0.2) is 0 Å². The predicted molar refractivity (Wildman–Crippen MR) is 96.6 cm³/mol. The van der Waals surface area contributed by atoms with Gasteiger partial charge < -0.3 is 10.6 Å². The average Bonchev–Trinajstić information content (AvgIpc) is 2.60. The first-order chi connectivity index (χ1) is 12.1. The summed E-state index contributed by atoms with van der Waals surface area (Å²) in [6.45, 7) is 4.43. The van der Waals surface area contributed by atoms with Crippen molar-refractivity contribution in [3.8, 4) is 0 Å². The molecule has 0 saturated carbocycles. The molecule has 6 nitrogen and oxygen atoms in total. The fourth-order valence-electron chi connectivity index (χ4n) is 2.46. The minimum Gasteiger partial charge on any atom is -0.346 e. The summed E-state index contributed by atoms with van der Waals surface area (Å²) in [5.74, 6) is 0.217. The normalized spacial score (nSPS) is 10.3. The summed E-state index contributed by atoms with van der Waals surface area (Å²) in [7, 11) is 0. The van der Waals surface area contributed by atoms with Crippen LogP contribution in [0.4, 0.5) is 11.6 Å². The topological polar surface area (TPSA) is 79.8 Å². The largest absolute Gasteiger partial charge is 0.346 e. The molecule has 6 heteroatoms. The number of aromatic nitrogens is 3. The highest BCUT2D eigenvalue weighted by Gasteiger charge is 2.07. The Labute approximate surface area is 146 Å². The van der Waals surface area contributed by atoms with Crippen LogP contribution in [0, 0.1) is 13.8 Å². The van der Waals surface area contributed by atoms with Gasteiger partial charge in [-0.15, -0.1) is 0 Å². The van der Waals surface area contributed by atoms with E-state index in [1.54, 1.807) is 6.20 Å². The molecular formula is C19H19N5O. The van der Waals surface area contributed by atoms with Crippen LogP contribution in [0.5, 0.6) is 0 Å². The zero-order valence-electron chi connectivity index (χ0n) is 14.2. The summed E-state index contributed by atoms with van der Waals surface area (Å²) < 4.78 is 0. The highest BCUT2D eigenvalue weighted by atomic mass is 16.1. The molecule has 25 heavy (non-hydrogen) atoms. The Bertz CT molecular complexity index is 842. The lowest BCUT2D eigenvalue weighted by Gasteiger charge is -2.08. The molecule has 2 heterocycles. The van der Waals surface area contributed by atoms with E-state index in [-0.39, 0.29) is 5.91 Å². The van der Waals surface area contributed by atoms with E-state index in [0.717, 1.165) is 22.5 Å². The molecule has 3 aromatic rings. The van der Waals surface area contributed by atoms with E-state index < -0.39 is 0 Å². The fraction of sp³-hybridized carbons (Fsp3) is 0.158. The van der Waals surface area contributed by atoms with Crippen molar-refractivity contribution in [2.45, 2.75) is 20.4 Å².